The molecule has 5 N–H and O–H groups in total. The second-order valence-electron chi connectivity index (χ2n) is 7.24. The number of amides is 1. The summed E-state index contributed by atoms with van der Waals surface area (Å²) in [5.41, 5.74) is 9.73. The quantitative estimate of drug-likeness (QED) is 0.647. The summed E-state index contributed by atoms with van der Waals surface area (Å²) < 4.78 is 0. The molecule has 0 radical (unpaired) electrons. The van der Waals surface area contributed by atoms with Crippen molar-refractivity contribution < 1.29 is 4.79 Å². The number of carbonyl (C=O) groups is 1. The first kappa shape index (κ1) is 17.5. The van der Waals surface area contributed by atoms with E-state index in [2.05, 4.69) is 51.8 Å². The number of benzene rings is 1. The molecule has 1 amide bonds. The topological polar surface area (TPSA) is 95.8 Å². The standard InChI is InChI=1S/C19H27N5O/c1-4-14-16(9-12-10-21-15-8-6-5-7-13(12)15)24-17(23-14)11-22-18(25)19(2,3)20/h5-8,12,21H,4,9-11,20H2,1-3H3,(H,22,25)(H,23,24). The van der Waals surface area contributed by atoms with Crippen molar-refractivity contribution in [1.29, 1.82) is 0 Å². The van der Waals surface area contributed by atoms with Gasteiger partial charge in [-0.15, -0.1) is 0 Å². The number of H-pyrrole nitrogens is 1. The fourth-order valence-corrected chi connectivity index (χ4v) is 3.23. The second-order valence-corrected chi connectivity index (χ2v) is 7.24. The number of para-hydroxylation sites is 1. The molecule has 0 saturated heterocycles. The first-order valence-electron chi connectivity index (χ1n) is 8.85. The van der Waals surface area contributed by atoms with Gasteiger partial charge >= 0.3 is 0 Å². The van der Waals surface area contributed by atoms with Gasteiger partial charge in [-0.1, -0.05) is 25.1 Å². The van der Waals surface area contributed by atoms with Gasteiger partial charge in [-0.25, -0.2) is 4.98 Å². The van der Waals surface area contributed by atoms with E-state index in [4.69, 9.17) is 5.73 Å². The third-order valence-corrected chi connectivity index (χ3v) is 4.64. The van der Waals surface area contributed by atoms with Crippen molar-refractivity contribution in [3.05, 3.63) is 47.0 Å². The molecule has 1 atom stereocenters. The highest BCUT2D eigenvalue weighted by Crippen LogP contribution is 2.33. The molecule has 134 valence electrons. The second kappa shape index (κ2) is 6.88. The van der Waals surface area contributed by atoms with E-state index in [9.17, 15) is 4.79 Å². The smallest absolute Gasteiger partial charge is 0.239 e. The molecule has 6 nitrogen and oxygen atoms in total. The predicted octanol–water partition coefficient (Wildman–Crippen LogP) is 2.08. The van der Waals surface area contributed by atoms with Crippen LogP contribution in [0.4, 0.5) is 5.69 Å². The van der Waals surface area contributed by atoms with Gasteiger partial charge in [-0.3, -0.25) is 4.79 Å². The van der Waals surface area contributed by atoms with E-state index in [1.165, 1.54) is 11.3 Å². The van der Waals surface area contributed by atoms with Gasteiger partial charge in [0.25, 0.3) is 0 Å². The van der Waals surface area contributed by atoms with Crippen LogP contribution in [0.25, 0.3) is 0 Å². The first-order chi connectivity index (χ1) is 11.9. The minimum atomic E-state index is -0.887. The first-order valence-corrected chi connectivity index (χ1v) is 8.85. The van der Waals surface area contributed by atoms with E-state index >= 15 is 0 Å². The number of hydrogen-bond donors (Lipinski definition) is 4. The highest BCUT2D eigenvalue weighted by molar-refractivity contribution is 5.84. The number of imidazole rings is 1. The molecule has 3 rings (SSSR count). The number of aromatic nitrogens is 2. The highest BCUT2D eigenvalue weighted by Gasteiger charge is 2.25. The number of aromatic amines is 1. The molecule has 1 aromatic heterocycles. The van der Waals surface area contributed by atoms with Gasteiger partial charge in [0, 0.05) is 23.8 Å². The lowest BCUT2D eigenvalue weighted by Crippen LogP contribution is -2.48. The average Bonchev–Trinajstić information content (AvgIpc) is 3.16. The van der Waals surface area contributed by atoms with Crippen molar-refractivity contribution in [3.63, 3.8) is 0 Å². The Hall–Kier alpha value is -2.34. The molecular weight excluding hydrogens is 314 g/mol. The Bertz CT molecular complexity index is 759. The molecular formula is C19H27N5O. The molecule has 1 aliphatic rings. The van der Waals surface area contributed by atoms with Gasteiger partial charge < -0.3 is 21.4 Å². The number of nitrogens with zero attached hydrogens (tertiary/aromatic N) is 1. The molecule has 2 aromatic rings. The third-order valence-electron chi connectivity index (χ3n) is 4.64. The summed E-state index contributed by atoms with van der Waals surface area (Å²) in [6.45, 7) is 6.79. The van der Waals surface area contributed by atoms with Crippen LogP contribution in [0.5, 0.6) is 0 Å². The minimum absolute atomic E-state index is 0.183. The number of anilines is 1. The van der Waals surface area contributed by atoms with E-state index in [0.29, 0.717) is 12.5 Å². The van der Waals surface area contributed by atoms with Gasteiger partial charge in [-0.05, 0) is 38.3 Å². The van der Waals surface area contributed by atoms with Crippen molar-refractivity contribution in [1.82, 2.24) is 15.3 Å². The van der Waals surface area contributed by atoms with E-state index < -0.39 is 5.54 Å². The molecule has 0 bridgehead atoms. The number of rotatable bonds is 6. The van der Waals surface area contributed by atoms with Crippen molar-refractivity contribution in [2.24, 2.45) is 5.73 Å². The zero-order valence-corrected chi connectivity index (χ0v) is 15.1. The normalized spacial score (nSPS) is 16.4. The summed E-state index contributed by atoms with van der Waals surface area (Å²) in [5.74, 6) is 1.04. The average molecular weight is 341 g/mol. The fraction of sp³-hybridized carbons (Fsp3) is 0.474. The van der Waals surface area contributed by atoms with Gasteiger partial charge in [0.2, 0.25) is 5.91 Å². The van der Waals surface area contributed by atoms with Crippen LogP contribution < -0.4 is 16.4 Å². The Kier molecular flexibility index (Phi) is 4.81. The van der Waals surface area contributed by atoms with E-state index in [0.717, 1.165) is 36.6 Å². The third kappa shape index (κ3) is 3.85. The number of aryl methyl sites for hydroxylation is 1. The Labute approximate surface area is 148 Å². The predicted molar refractivity (Wildman–Crippen MR) is 99.5 cm³/mol. The summed E-state index contributed by atoms with van der Waals surface area (Å²) in [6, 6.07) is 8.45. The van der Waals surface area contributed by atoms with Crippen LogP contribution >= 0.6 is 0 Å². The maximum Gasteiger partial charge on any atom is 0.239 e. The van der Waals surface area contributed by atoms with E-state index in [1.54, 1.807) is 13.8 Å². The number of nitrogens with one attached hydrogen (secondary N) is 3. The van der Waals surface area contributed by atoms with Crippen molar-refractivity contribution in [2.75, 3.05) is 11.9 Å². The molecule has 25 heavy (non-hydrogen) atoms. The Balaban J connectivity index is 1.70. The SMILES string of the molecule is CCc1nc(CNC(=O)C(C)(C)N)[nH]c1CC1CNc2ccccc21. The minimum Gasteiger partial charge on any atom is -0.384 e. The number of nitrogens with two attached hydrogens (primary N) is 1. The molecule has 1 aromatic carbocycles. The Morgan fingerprint density at radius 3 is 2.88 bits per heavy atom. The largest absolute Gasteiger partial charge is 0.384 e. The number of hydrogen-bond acceptors (Lipinski definition) is 4. The van der Waals surface area contributed by atoms with Crippen LogP contribution in [0.3, 0.4) is 0 Å². The lowest BCUT2D eigenvalue weighted by atomic mass is 9.95. The summed E-state index contributed by atoms with van der Waals surface area (Å²) >= 11 is 0. The molecule has 1 unspecified atom stereocenters. The summed E-state index contributed by atoms with van der Waals surface area (Å²) in [5, 5.41) is 6.31. The van der Waals surface area contributed by atoms with Gasteiger partial charge in [0.05, 0.1) is 17.8 Å². The molecule has 0 spiro atoms. The van der Waals surface area contributed by atoms with E-state index in [-0.39, 0.29) is 5.91 Å². The number of carbonyl (C=O) groups excluding carboxylic acids is 1. The maximum atomic E-state index is 11.9. The van der Waals surface area contributed by atoms with E-state index in [1.807, 2.05) is 0 Å². The molecule has 0 aliphatic carbocycles. The lowest BCUT2D eigenvalue weighted by molar-refractivity contribution is -0.125. The zero-order valence-electron chi connectivity index (χ0n) is 15.1. The summed E-state index contributed by atoms with van der Waals surface area (Å²) in [4.78, 5) is 20.0. The number of fused-ring (bicyclic) bond motifs is 1. The zero-order chi connectivity index (χ0) is 18.0. The summed E-state index contributed by atoms with van der Waals surface area (Å²) in [7, 11) is 0. The summed E-state index contributed by atoms with van der Waals surface area (Å²) in [6.07, 6.45) is 1.78. The van der Waals surface area contributed by atoms with Crippen LogP contribution in [0, 0.1) is 0 Å². The maximum absolute atomic E-state index is 11.9. The van der Waals surface area contributed by atoms with Crippen LogP contribution in [0.15, 0.2) is 24.3 Å². The van der Waals surface area contributed by atoms with Crippen molar-refractivity contribution in [3.8, 4) is 0 Å². The Morgan fingerprint density at radius 2 is 2.16 bits per heavy atom. The molecule has 0 fully saturated rings. The van der Waals surface area contributed by atoms with Gasteiger partial charge in [0.15, 0.2) is 0 Å². The fourth-order valence-electron chi connectivity index (χ4n) is 3.23. The lowest BCUT2D eigenvalue weighted by Gasteiger charge is -2.17. The Morgan fingerprint density at radius 1 is 1.40 bits per heavy atom. The molecule has 6 heteroatoms. The highest BCUT2D eigenvalue weighted by atomic mass is 16.2. The van der Waals surface area contributed by atoms with Crippen molar-refractivity contribution in [2.45, 2.75) is 51.6 Å². The van der Waals surface area contributed by atoms with Crippen LogP contribution in [-0.2, 0) is 24.2 Å². The molecule has 1 aliphatic heterocycles. The monoisotopic (exact) mass is 341 g/mol. The molecule has 2 heterocycles. The van der Waals surface area contributed by atoms with Crippen LogP contribution in [0.2, 0.25) is 0 Å². The van der Waals surface area contributed by atoms with Crippen molar-refractivity contribution >= 4 is 11.6 Å². The van der Waals surface area contributed by atoms with Crippen LogP contribution in [0.1, 0.15) is 49.5 Å². The molecule has 0 saturated carbocycles. The van der Waals surface area contributed by atoms with Gasteiger partial charge in [0.1, 0.15) is 5.82 Å². The van der Waals surface area contributed by atoms with Gasteiger partial charge in [-0.2, -0.15) is 0 Å². The van der Waals surface area contributed by atoms with Crippen LogP contribution in [-0.4, -0.2) is 28.0 Å².